The predicted molar refractivity (Wildman–Crippen MR) is 129 cm³/mol. The maximum atomic E-state index is 13.1. The van der Waals surface area contributed by atoms with Gasteiger partial charge in [-0.25, -0.2) is 8.42 Å². The quantitative estimate of drug-likeness (QED) is 0.484. The van der Waals surface area contributed by atoms with Crippen LogP contribution in [0.1, 0.15) is 12.5 Å². The Morgan fingerprint density at radius 3 is 2.35 bits per heavy atom. The second kappa shape index (κ2) is 9.77. The summed E-state index contributed by atoms with van der Waals surface area (Å²) in [7, 11) is -3.74. The van der Waals surface area contributed by atoms with Gasteiger partial charge >= 0.3 is 0 Å². The van der Waals surface area contributed by atoms with E-state index in [1.54, 1.807) is 38.1 Å². The van der Waals surface area contributed by atoms with Crippen LogP contribution in [0.4, 0.5) is 11.4 Å². The average Bonchev–Trinajstić information content (AvgIpc) is 2.72. The zero-order valence-corrected chi connectivity index (χ0v) is 19.8. The summed E-state index contributed by atoms with van der Waals surface area (Å²) in [6, 6.07) is 21.2. The monoisotopic (exact) mass is 474 g/mol. The molecule has 31 heavy (non-hydrogen) atoms. The predicted octanol–water partition coefficient (Wildman–Crippen LogP) is 5.59. The Bertz CT molecular complexity index is 1180. The Balaban J connectivity index is 1.89. The van der Waals surface area contributed by atoms with Crippen molar-refractivity contribution in [3.8, 4) is 0 Å². The first-order valence-electron chi connectivity index (χ1n) is 9.55. The van der Waals surface area contributed by atoms with Gasteiger partial charge < -0.3 is 5.32 Å². The van der Waals surface area contributed by atoms with Gasteiger partial charge in [0.25, 0.3) is 0 Å². The Labute approximate surface area is 192 Å². The van der Waals surface area contributed by atoms with E-state index in [-0.39, 0.29) is 0 Å². The number of halogens is 1. The van der Waals surface area contributed by atoms with Crippen molar-refractivity contribution >= 4 is 50.7 Å². The van der Waals surface area contributed by atoms with Gasteiger partial charge in [-0.15, -0.1) is 0 Å². The first-order valence-corrected chi connectivity index (χ1v) is 12.6. The molecule has 8 heteroatoms. The number of amides is 1. The molecule has 1 N–H and O–H groups in total. The Kier molecular flexibility index (Phi) is 7.30. The molecule has 1 atom stereocenters. The van der Waals surface area contributed by atoms with Gasteiger partial charge in [0.05, 0.1) is 17.6 Å². The molecule has 0 spiro atoms. The van der Waals surface area contributed by atoms with E-state index < -0.39 is 22.0 Å². The van der Waals surface area contributed by atoms with Gasteiger partial charge in [0.1, 0.15) is 6.04 Å². The highest BCUT2D eigenvalue weighted by Crippen LogP contribution is 2.34. The van der Waals surface area contributed by atoms with Gasteiger partial charge in [0.2, 0.25) is 15.9 Å². The number of hydrogen-bond acceptors (Lipinski definition) is 4. The van der Waals surface area contributed by atoms with Crippen LogP contribution < -0.4 is 9.62 Å². The second-order valence-electron chi connectivity index (χ2n) is 7.07. The molecule has 3 rings (SSSR count). The van der Waals surface area contributed by atoms with Crippen molar-refractivity contribution in [3.05, 3.63) is 83.4 Å². The zero-order chi connectivity index (χ0) is 22.6. The Morgan fingerprint density at radius 2 is 1.68 bits per heavy atom. The molecule has 0 aliphatic rings. The minimum Gasteiger partial charge on any atom is -0.323 e. The fourth-order valence-electron chi connectivity index (χ4n) is 3.11. The summed E-state index contributed by atoms with van der Waals surface area (Å²) in [5.74, 6) is -0.439. The maximum absolute atomic E-state index is 13.1. The van der Waals surface area contributed by atoms with Crippen LogP contribution in [0, 0.1) is 6.92 Å². The summed E-state index contributed by atoms with van der Waals surface area (Å²) in [6.45, 7) is 3.34. The summed E-state index contributed by atoms with van der Waals surface area (Å²) in [5, 5.41) is 3.28. The van der Waals surface area contributed by atoms with E-state index in [9.17, 15) is 13.2 Å². The molecule has 3 aromatic carbocycles. The lowest BCUT2D eigenvalue weighted by Crippen LogP contribution is -2.45. The Hall–Kier alpha value is -2.48. The average molecular weight is 475 g/mol. The van der Waals surface area contributed by atoms with Crippen LogP contribution in [0.5, 0.6) is 0 Å². The summed E-state index contributed by atoms with van der Waals surface area (Å²) in [4.78, 5) is 15.0. The minimum atomic E-state index is -3.74. The molecule has 0 aliphatic carbocycles. The maximum Gasteiger partial charge on any atom is 0.248 e. The van der Waals surface area contributed by atoms with E-state index in [0.717, 1.165) is 20.4 Å². The molecule has 1 amide bonds. The fourth-order valence-corrected chi connectivity index (χ4v) is 5.43. The van der Waals surface area contributed by atoms with Gasteiger partial charge in [-0.2, -0.15) is 0 Å². The van der Waals surface area contributed by atoms with E-state index >= 15 is 0 Å². The third-order valence-electron chi connectivity index (χ3n) is 4.61. The van der Waals surface area contributed by atoms with Crippen LogP contribution in [0.25, 0.3) is 0 Å². The number of benzene rings is 3. The number of nitrogens with one attached hydrogen (secondary N) is 1. The number of anilines is 2. The number of hydrogen-bond donors (Lipinski definition) is 1. The highest BCUT2D eigenvalue weighted by molar-refractivity contribution is 7.99. The molecule has 0 aliphatic heterocycles. The smallest absolute Gasteiger partial charge is 0.248 e. The third-order valence-corrected chi connectivity index (χ3v) is 7.16. The molecule has 0 saturated carbocycles. The number of carbonyl (C=O) groups excluding carboxylic acids is 1. The molecular weight excluding hydrogens is 452 g/mol. The number of sulfonamides is 1. The summed E-state index contributed by atoms with van der Waals surface area (Å²) in [6.07, 6.45) is 1.08. The van der Waals surface area contributed by atoms with Crippen molar-refractivity contribution < 1.29 is 13.2 Å². The van der Waals surface area contributed by atoms with Crippen LogP contribution >= 0.6 is 23.4 Å². The highest BCUT2D eigenvalue weighted by Gasteiger charge is 2.30. The van der Waals surface area contributed by atoms with E-state index in [2.05, 4.69) is 5.32 Å². The molecule has 0 bridgehead atoms. The largest absolute Gasteiger partial charge is 0.323 e. The highest BCUT2D eigenvalue weighted by atomic mass is 35.5. The van der Waals surface area contributed by atoms with Crippen molar-refractivity contribution in [1.82, 2.24) is 0 Å². The molecule has 0 heterocycles. The van der Waals surface area contributed by atoms with E-state index in [1.165, 1.54) is 11.8 Å². The van der Waals surface area contributed by atoms with Gasteiger partial charge in [-0.05, 0) is 55.8 Å². The normalized spacial score (nSPS) is 12.3. The van der Waals surface area contributed by atoms with E-state index in [1.807, 2.05) is 48.5 Å². The molecule has 0 aromatic heterocycles. The van der Waals surface area contributed by atoms with Gasteiger partial charge in [0, 0.05) is 14.8 Å². The van der Waals surface area contributed by atoms with Crippen molar-refractivity contribution in [1.29, 1.82) is 0 Å². The first kappa shape index (κ1) is 23.2. The molecular formula is C23H23ClN2O3S2. The van der Waals surface area contributed by atoms with Crippen LogP contribution in [0.15, 0.2) is 82.6 Å². The molecule has 0 unspecified atom stereocenters. The molecule has 5 nitrogen and oxygen atoms in total. The zero-order valence-electron chi connectivity index (χ0n) is 17.4. The number of carbonyl (C=O) groups is 1. The standard InChI is InChI=1S/C23H23ClN2O3S2/c1-16-13-14-18(24)15-21(16)26(31(3,28)29)17(2)23(27)25-20-11-7-8-12-22(20)30-19-9-5-4-6-10-19/h4-15,17H,1-3H3,(H,25,27)/t17-/m1/s1. The lowest BCUT2D eigenvalue weighted by molar-refractivity contribution is -0.116. The van der Waals surface area contributed by atoms with Crippen LogP contribution in [0.3, 0.4) is 0 Å². The van der Waals surface area contributed by atoms with Crippen molar-refractivity contribution in [3.63, 3.8) is 0 Å². The van der Waals surface area contributed by atoms with Crippen molar-refractivity contribution in [2.75, 3.05) is 15.9 Å². The molecule has 0 fully saturated rings. The molecule has 0 saturated heterocycles. The lowest BCUT2D eigenvalue weighted by atomic mass is 10.1. The van der Waals surface area contributed by atoms with Gasteiger partial charge in [-0.3, -0.25) is 9.10 Å². The molecule has 3 aromatic rings. The van der Waals surface area contributed by atoms with Crippen LogP contribution in [0.2, 0.25) is 5.02 Å². The summed E-state index contributed by atoms with van der Waals surface area (Å²) >= 11 is 7.62. The Morgan fingerprint density at radius 1 is 1.03 bits per heavy atom. The number of nitrogens with zero attached hydrogens (tertiary/aromatic N) is 1. The molecule has 0 radical (unpaired) electrons. The van der Waals surface area contributed by atoms with E-state index in [4.69, 9.17) is 11.6 Å². The summed E-state index contributed by atoms with van der Waals surface area (Å²) in [5.41, 5.74) is 1.70. The van der Waals surface area contributed by atoms with Crippen molar-refractivity contribution in [2.24, 2.45) is 0 Å². The minimum absolute atomic E-state index is 0.379. The topological polar surface area (TPSA) is 66.5 Å². The first-order chi connectivity index (χ1) is 14.7. The number of rotatable bonds is 7. The fraction of sp³-hybridized carbons (Fsp3) is 0.174. The number of para-hydroxylation sites is 1. The second-order valence-corrected chi connectivity index (χ2v) is 10.5. The van der Waals surface area contributed by atoms with Gasteiger partial charge in [-0.1, -0.05) is 59.8 Å². The van der Waals surface area contributed by atoms with Crippen molar-refractivity contribution in [2.45, 2.75) is 29.7 Å². The lowest BCUT2D eigenvalue weighted by Gasteiger charge is -2.29. The third kappa shape index (κ3) is 5.81. The summed E-state index contributed by atoms with van der Waals surface area (Å²) < 4.78 is 26.3. The van der Waals surface area contributed by atoms with Crippen LogP contribution in [-0.4, -0.2) is 26.6 Å². The van der Waals surface area contributed by atoms with Crippen LogP contribution in [-0.2, 0) is 14.8 Å². The SMILES string of the molecule is Cc1ccc(Cl)cc1N([C@H](C)C(=O)Nc1ccccc1Sc1ccccc1)S(C)(=O)=O. The number of aryl methyl sites for hydroxylation is 1. The molecule has 162 valence electrons. The van der Waals surface area contributed by atoms with E-state index in [0.29, 0.717) is 22.0 Å². The van der Waals surface area contributed by atoms with Gasteiger partial charge in [0.15, 0.2) is 0 Å².